The molecule has 0 bridgehead atoms. The van der Waals surface area contributed by atoms with E-state index in [0.717, 1.165) is 25.7 Å². The molecule has 184 valence electrons. The molecule has 0 unspecified atom stereocenters. The highest BCUT2D eigenvalue weighted by molar-refractivity contribution is 6.10. The molecule has 1 fully saturated rings. The summed E-state index contributed by atoms with van der Waals surface area (Å²) in [5.74, 6) is -0.743. The Labute approximate surface area is 205 Å². The summed E-state index contributed by atoms with van der Waals surface area (Å²) < 4.78 is 3.24. The molecule has 1 N–H and O–H groups in total. The third-order valence-corrected chi connectivity index (χ3v) is 7.20. The van der Waals surface area contributed by atoms with Crippen molar-refractivity contribution >= 4 is 17.5 Å². The van der Waals surface area contributed by atoms with Gasteiger partial charge in [0, 0.05) is 19.3 Å². The van der Waals surface area contributed by atoms with Crippen LogP contribution in [0.25, 0.3) is 5.69 Å². The summed E-state index contributed by atoms with van der Waals surface area (Å²) in [6.45, 7) is 5.39. The van der Waals surface area contributed by atoms with Gasteiger partial charge in [-0.25, -0.2) is 4.68 Å². The lowest BCUT2D eigenvalue weighted by atomic mass is 9.92. The molecular weight excluding hydrogens is 442 g/mol. The summed E-state index contributed by atoms with van der Waals surface area (Å²) in [6.07, 6.45) is 5.85. The fraction of sp³-hybridized carbons (Fsp3) is 0.407. The summed E-state index contributed by atoms with van der Waals surface area (Å²) >= 11 is 0. The van der Waals surface area contributed by atoms with Crippen LogP contribution in [0.4, 0.5) is 5.69 Å². The number of hydrogen-bond acceptors (Lipinski definition) is 4. The van der Waals surface area contributed by atoms with Gasteiger partial charge in [-0.15, -0.1) is 0 Å². The molecule has 1 aliphatic carbocycles. The van der Waals surface area contributed by atoms with Crippen molar-refractivity contribution < 1.29 is 9.59 Å². The Bertz CT molecular complexity index is 1260. The van der Waals surface area contributed by atoms with Crippen LogP contribution in [-0.2, 0) is 11.8 Å². The number of hydrogen-bond donors (Lipinski definition) is 1. The lowest BCUT2D eigenvalue weighted by molar-refractivity contribution is -0.126. The van der Waals surface area contributed by atoms with Gasteiger partial charge < -0.3 is 5.32 Å². The molecule has 1 aromatic carbocycles. The van der Waals surface area contributed by atoms with Crippen molar-refractivity contribution in [1.29, 1.82) is 0 Å². The monoisotopic (exact) mass is 475 g/mol. The summed E-state index contributed by atoms with van der Waals surface area (Å²) in [5.41, 5.74) is -0.0528. The number of pyridine rings is 1. The van der Waals surface area contributed by atoms with E-state index >= 15 is 0 Å². The minimum Gasteiger partial charge on any atom is -0.351 e. The molecule has 2 heterocycles. The Kier molecular flexibility index (Phi) is 6.91. The van der Waals surface area contributed by atoms with Gasteiger partial charge in [-0.1, -0.05) is 44.0 Å². The molecule has 4 rings (SSSR count). The van der Waals surface area contributed by atoms with Gasteiger partial charge in [-0.2, -0.15) is 0 Å². The van der Waals surface area contributed by atoms with Gasteiger partial charge in [-0.3, -0.25) is 28.9 Å². The lowest BCUT2D eigenvalue weighted by Crippen LogP contribution is -2.61. The summed E-state index contributed by atoms with van der Waals surface area (Å²) in [7, 11) is 1.78. The van der Waals surface area contributed by atoms with Crippen molar-refractivity contribution in [2.24, 2.45) is 7.05 Å². The number of anilines is 1. The highest BCUT2D eigenvalue weighted by Gasteiger charge is 2.46. The number of benzene rings is 1. The summed E-state index contributed by atoms with van der Waals surface area (Å²) in [4.78, 5) is 47.3. The smallest absolute Gasteiger partial charge is 0.295 e. The average Bonchev–Trinajstić information content (AvgIpc) is 3.47. The van der Waals surface area contributed by atoms with Gasteiger partial charge in [0.25, 0.3) is 11.5 Å². The minimum atomic E-state index is -1.29. The molecule has 1 atom stereocenters. The highest BCUT2D eigenvalue weighted by Crippen LogP contribution is 2.31. The molecule has 3 aromatic rings. The molecule has 8 heteroatoms. The van der Waals surface area contributed by atoms with Gasteiger partial charge in [-0.05, 0) is 57.4 Å². The summed E-state index contributed by atoms with van der Waals surface area (Å²) in [6, 6.07) is 14.4. The molecule has 35 heavy (non-hydrogen) atoms. The van der Waals surface area contributed by atoms with E-state index in [1.165, 1.54) is 15.8 Å². The zero-order valence-corrected chi connectivity index (χ0v) is 20.8. The topological polar surface area (TPSA) is 89.2 Å². The predicted molar refractivity (Wildman–Crippen MR) is 136 cm³/mol. The van der Waals surface area contributed by atoms with E-state index in [9.17, 15) is 14.4 Å². The second kappa shape index (κ2) is 9.90. The lowest BCUT2D eigenvalue weighted by Gasteiger charge is -2.39. The Morgan fingerprint density at radius 2 is 1.77 bits per heavy atom. The van der Waals surface area contributed by atoms with E-state index in [1.54, 1.807) is 43.8 Å². The van der Waals surface area contributed by atoms with Crippen molar-refractivity contribution in [3.8, 4) is 5.69 Å². The Hall–Kier alpha value is -3.68. The van der Waals surface area contributed by atoms with Crippen LogP contribution >= 0.6 is 0 Å². The van der Waals surface area contributed by atoms with Crippen molar-refractivity contribution in [1.82, 2.24) is 19.7 Å². The molecule has 0 spiro atoms. The summed E-state index contributed by atoms with van der Waals surface area (Å²) in [5, 5.41) is 3.15. The molecule has 0 radical (unpaired) electrons. The molecule has 8 nitrogen and oxygen atoms in total. The fourth-order valence-corrected chi connectivity index (χ4v) is 4.82. The van der Waals surface area contributed by atoms with Crippen molar-refractivity contribution in [3.05, 3.63) is 76.5 Å². The normalized spacial score (nSPS) is 15.5. The molecule has 2 amide bonds. The number of amides is 2. The first-order valence-corrected chi connectivity index (χ1v) is 12.2. The first-order valence-electron chi connectivity index (χ1n) is 12.2. The average molecular weight is 476 g/mol. The second-order valence-corrected chi connectivity index (χ2v) is 9.35. The van der Waals surface area contributed by atoms with E-state index in [4.69, 9.17) is 0 Å². The van der Waals surface area contributed by atoms with Crippen LogP contribution in [0, 0.1) is 6.92 Å². The maximum absolute atomic E-state index is 14.0. The maximum Gasteiger partial charge on any atom is 0.295 e. The molecular formula is C27H33N5O3. The quantitative estimate of drug-likeness (QED) is 0.564. The molecule has 1 aliphatic rings. The van der Waals surface area contributed by atoms with E-state index in [2.05, 4.69) is 10.3 Å². The van der Waals surface area contributed by atoms with Gasteiger partial charge in [0.05, 0.1) is 11.4 Å². The molecule has 0 aliphatic heterocycles. The predicted octanol–water partition coefficient (Wildman–Crippen LogP) is 3.75. The van der Waals surface area contributed by atoms with Gasteiger partial charge in [0.15, 0.2) is 0 Å². The van der Waals surface area contributed by atoms with E-state index in [-0.39, 0.29) is 28.9 Å². The molecule has 1 saturated carbocycles. The van der Waals surface area contributed by atoms with E-state index < -0.39 is 11.4 Å². The van der Waals surface area contributed by atoms with Crippen LogP contribution in [0.2, 0.25) is 0 Å². The van der Waals surface area contributed by atoms with Crippen LogP contribution in [0.15, 0.2) is 59.5 Å². The first-order chi connectivity index (χ1) is 16.8. The van der Waals surface area contributed by atoms with Gasteiger partial charge >= 0.3 is 0 Å². The molecule has 2 aromatic heterocycles. The largest absolute Gasteiger partial charge is 0.351 e. The number of carbonyl (C=O) groups excluding carboxylic acids is 2. The number of para-hydroxylation sites is 1. The number of aromatic nitrogens is 3. The van der Waals surface area contributed by atoms with Crippen molar-refractivity contribution in [2.75, 3.05) is 4.90 Å². The van der Waals surface area contributed by atoms with E-state index in [1.807, 2.05) is 37.3 Å². The third-order valence-electron chi connectivity index (χ3n) is 7.20. The highest BCUT2D eigenvalue weighted by atomic mass is 16.2. The molecule has 0 saturated heterocycles. The fourth-order valence-electron chi connectivity index (χ4n) is 4.82. The van der Waals surface area contributed by atoms with E-state index in [0.29, 0.717) is 17.8 Å². The van der Waals surface area contributed by atoms with Gasteiger partial charge in [0.2, 0.25) is 5.91 Å². The van der Waals surface area contributed by atoms with Crippen LogP contribution in [-0.4, -0.2) is 37.7 Å². The second-order valence-electron chi connectivity index (χ2n) is 9.35. The maximum atomic E-state index is 14.0. The van der Waals surface area contributed by atoms with Crippen molar-refractivity contribution in [3.63, 3.8) is 0 Å². The number of rotatable bonds is 7. The standard InChI is InChI=1S/C27H33N5O3/c1-5-27(3,26(35)29-20-13-9-10-14-20)31(24(33)22-17-11-12-18-28-22)23-19(2)30(4)32(25(23)34)21-15-7-6-8-16-21/h6-8,11-12,15-18,20H,5,9-10,13-14H2,1-4H3,(H,29,35)/t27-/m1/s1. The number of nitrogens with zero attached hydrogens (tertiary/aromatic N) is 4. The van der Waals surface area contributed by atoms with Gasteiger partial charge in [0.1, 0.15) is 16.9 Å². The van der Waals surface area contributed by atoms with Crippen LogP contribution in [0.5, 0.6) is 0 Å². The first kappa shape index (κ1) is 24.4. The Morgan fingerprint density at radius 1 is 1.11 bits per heavy atom. The number of nitrogens with one attached hydrogen (secondary N) is 1. The Balaban J connectivity index is 1.90. The number of carbonyl (C=O) groups is 2. The zero-order valence-electron chi connectivity index (χ0n) is 20.8. The minimum absolute atomic E-state index is 0.0815. The van der Waals surface area contributed by atoms with Crippen LogP contribution in [0.1, 0.15) is 62.1 Å². The van der Waals surface area contributed by atoms with Crippen molar-refractivity contribution in [2.45, 2.75) is 64.5 Å². The van der Waals surface area contributed by atoms with Crippen LogP contribution < -0.4 is 15.8 Å². The zero-order chi connectivity index (χ0) is 25.2. The SMILES string of the molecule is CC[C@](C)(C(=O)NC1CCCC1)N(C(=O)c1ccccn1)c1c(C)n(C)n(-c2ccccc2)c1=O. The Morgan fingerprint density at radius 3 is 2.37 bits per heavy atom. The third kappa shape index (κ3) is 4.40. The van der Waals surface area contributed by atoms with Crippen LogP contribution in [0.3, 0.4) is 0 Å².